The fourth-order valence-electron chi connectivity index (χ4n) is 1.91. The fourth-order valence-corrected chi connectivity index (χ4v) is 1.91. The van der Waals surface area contributed by atoms with Crippen LogP contribution in [0.5, 0.6) is 0 Å². The lowest BCUT2D eigenvalue weighted by Crippen LogP contribution is -3.08. The van der Waals surface area contributed by atoms with Crippen molar-refractivity contribution in [3.8, 4) is 0 Å². The molecule has 2 rings (SSSR count). The molecular formula is C10H15N2O+. The highest BCUT2D eigenvalue weighted by molar-refractivity contribution is 5.07. The lowest BCUT2D eigenvalue weighted by Gasteiger charge is -2.10. The second-order valence-electron chi connectivity index (χ2n) is 3.67. The predicted molar refractivity (Wildman–Crippen MR) is 50.7 cm³/mol. The minimum atomic E-state index is 0.165. The van der Waals surface area contributed by atoms with Crippen LogP contribution in [0.4, 0.5) is 0 Å². The Morgan fingerprint density at radius 3 is 2.85 bits per heavy atom. The van der Waals surface area contributed by atoms with Crippen molar-refractivity contribution in [3.05, 3.63) is 34.2 Å². The van der Waals surface area contributed by atoms with Crippen LogP contribution in [0.3, 0.4) is 0 Å². The average molecular weight is 179 g/mol. The predicted octanol–water partition coefficient (Wildman–Crippen LogP) is -0.446. The molecule has 0 bridgehead atoms. The molecule has 0 atom stereocenters. The van der Waals surface area contributed by atoms with Gasteiger partial charge in [0.15, 0.2) is 5.43 Å². The molecule has 0 amide bonds. The smallest absolute Gasteiger partial charge is 0.190 e. The van der Waals surface area contributed by atoms with Gasteiger partial charge in [-0.25, -0.2) is 0 Å². The quantitative estimate of drug-likeness (QED) is 0.634. The molecule has 2 heterocycles. The molecule has 1 aromatic heterocycles. The van der Waals surface area contributed by atoms with Gasteiger partial charge in [-0.3, -0.25) is 4.79 Å². The monoisotopic (exact) mass is 179 g/mol. The number of nitrogens with one attached hydrogen (secondary N) is 2. The van der Waals surface area contributed by atoms with E-state index < -0.39 is 0 Å². The summed E-state index contributed by atoms with van der Waals surface area (Å²) in [5, 5.41) is 0. The normalized spacial score (nSPS) is 17.8. The van der Waals surface area contributed by atoms with Crippen LogP contribution in [0, 0.1) is 0 Å². The van der Waals surface area contributed by atoms with Gasteiger partial charge < -0.3 is 9.88 Å². The van der Waals surface area contributed by atoms with Crippen molar-refractivity contribution in [2.45, 2.75) is 19.4 Å². The fraction of sp³-hybridized carbons (Fsp3) is 0.500. The lowest BCUT2D eigenvalue weighted by molar-refractivity contribution is -0.901. The first kappa shape index (κ1) is 8.51. The maximum absolute atomic E-state index is 11.4. The van der Waals surface area contributed by atoms with Gasteiger partial charge in [0.1, 0.15) is 6.54 Å². The molecule has 2 N–H and O–H groups in total. The summed E-state index contributed by atoms with van der Waals surface area (Å²) in [5.41, 5.74) is 1.08. The van der Waals surface area contributed by atoms with Crippen molar-refractivity contribution in [2.75, 3.05) is 13.1 Å². The summed E-state index contributed by atoms with van der Waals surface area (Å²) >= 11 is 0. The summed E-state index contributed by atoms with van der Waals surface area (Å²) in [6.45, 7) is 3.32. The maximum atomic E-state index is 11.4. The average Bonchev–Trinajstić information content (AvgIpc) is 2.61. The molecule has 0 spiro atoms. The first-order valence-corrected chi connectivity index (χ1v) is 4.86. The Hall–Kier alpha value is -1.09. The van der Waals surface area contributed by atoms with E-state index in [4.69, 9.17) is 0 Å². The van der Waals surface area contributed by atoms with Crippen LogP contribution >= 0.6 is 0 Å². The molecule has 1 aromatic rings. The number of aromatic nitrogens is 1. The topological polar surface area (TPSA) is 37.3 Å². The van der Waals surface area contributed by atoms with Gasteiger partial charge in [-0.1, -0.05) is 0 Å². The van der Waals surface area contributed by atoms with Crippen LogP contribution in [-0.4, -0.2) is 18.1 Å². The van der Waals surface area contributed by atoms with E-state index in [1.165, 1.54) is 30.8 Å². The maximum Gasteiger partial charge on any atom is 0.190 e. The summed E-state index contributed by atoms with van der Waals surface area (Å²) in [6.07, 6.45) is 6.12. The Kier molecular flexibility index (Phi) is 2.45. The van der Waals surface area contributed by atoms with Gasteiger partial charge in [0.2, 0.25) is 0 Å². The van der Waals surface area contributed by atoms with Crippen LogP contribution in [0.15, 0.2) is 23.3 Å². The Morgan fingerprint density at radius 1 is 1.38 bits per heavy atom. The third-order valence-electron chi connectivity index (χ3n) is 2.66. The van der Waals surface area contributed by atoms with E-state index in [1.54, 1.807) is 12.3 Å². The van der Waals surface area contributed by atoms with E-state index in [9.17, 15) is 4.79 Å². The summed E-state index contributed by atoms with van der Waals surface area (Å²) < 4.78 is 0. The third kappa shape index (κ3) is 1.98. The molecule has 13 heavy (non-hydrogen) atoms. The summed E-state index contributed by atoms with van der Waals surface area (Å²) in [7, 11) is 0. The van der Waals surface area contributed by atoms with E-state index in [0.717, 1.165) is 12.1 Å². The van der Waals surface area contributed by atoms with Gasteiger partial charge in [0.25, 0.3) is 0 Å². The summed E-state index contributed by atoms with van der Waals surface area (Å²) in [4.78, 5) is 15.9. The zero-order valence-electron chi connectivity index (χ0n) is 7.68. The van der Waals surface area contributed by atoms with Gasteiger partial charge in [0, 0.05) is 31.3 Å². The standard InChI is InChI=1S/C10H14N2O/c13-10-3-4-11-7-9(10)8-12-5-1-2-6-12/h3-4,7H,1-2,5-6,8H2,(H,11,13)/p+1. The number of quaternary nitrogens is 1. The highest BCUT2D eigenvalue weighted by atomic mass is 16.1. The lowest BCUT2D eigenvalue weighted by atomic mass is 10.2. The van der Waals surface area contributed by atoms with E-state index in [-0.39, 0.29) is 5.43 Å². The highest BCUT2D eigenvalue weighted by Gasteiger charge is 2.16. The second kappa shape index (κ2) is 3.75. The van der Waals surface area contributed by atoms with Crippen molar-refractivity contribution < 1.29 is 4.90 Å². The van der Waals surface area contributed by atoms with E-state index in [1.807, 2.05) is 6.20 Å². The molecular weight excluding hydrogens is 164 g/mol. The molecule has 70 valence electrons. The zero-order valence-corrected chi connectivity index (χ0v) is 7.68. The summed E-state index contributed by atoms with van der Waals surface area (Å²) in [6, 6.07) is 1.60. The van der Waals surface area contributed by atoms with Crippen LogP contribution in [0.1, 0.15) is 18.4 Å². The first-order chi connectivity index (χ1) is 6.36. The zero-order chi connectivity index (χ0) is 9.10. The van der Waals surface area contributed by atoms with Crippen LogP contribution in [0.2, 0.25) is 0 Å². The largest absolute Gasteiger partial charge is 0.367 e. The Morgan fingerprint density at radius 2 is 2.15 bits per heavy atom. The second-order valence-corrected chi connectivity index (χ2v) is 3.67. The van der Waals surface area contributed by atoms with Crippen molar-refractivity contribution in [1.82, 2.24) is 4.98 Å². The molecule has 0 saturated carbocycles. The van der Waals surface area contributed by atoms with Gasteiger partial charge >= 0.3 is 0 Å². The molecule has 1 aliphatic heterocycles. The van der Waals surface area contributed by atoms with Crippen LogP contribution < -0.4 is 10.3 Å². The number of rotatable bonds is 2. The number of hydrogen-bond acceptors (Lipinski definition) is 1. The van der Waals surface area contributed by atoms with Crippen molar-refractivity contribution in [1.29, 1.82) is 0 Å². The number of likely N-dealkylation sites (tertiary alicyclic amines) is 1. The Labute approximate surface area is 77.4 Å². The number of hydrogen-bond donors (Lipinski definition) is 2. The highest BCUT2D eigenvalue weighted by Crippen LogP contribution is 1.91. The molecule has 3 heteroatoms. The molecule has 1 aliphatic rings. The molecule has 0 radical (unpaired) electrons. The number of aromatic amines is 1. The van der Waals surface area contributed by atoms with Gasteiger partial charge in [-0.15, -0.1) is 0 Å². The molecule has 1 fully saturated rings. The van der Waals surface area contributed by atoms with Crippen LogP contribution in [0.25, 0.3) is 0 Å². The molecule has 0 unspecified atom stereocenters. The molecule has 0 aliphatic carbocycles. The van der Waals surface area contributed by atoms with Crippen molar-refractivity contribution in [3.63, 3.8) is 0 Å². The molecule has 1 saturated heterocycles. The molecule has 0 aromatic carbocycles. The van der Waals surface area contributed by atoms with Crippen molar-refractivity contribution >= 4 is 0 Å². The Bertz CT molecular complexity index is 326. The first-order valence-electron chi connectivity index (χ1n) is 4.86. The summed E-state index contributed by atoms with van der Waals surface area (Å²) in [5.74, 6) is 0. The number of H-pyrrole nitrogens is 1. The Balaban J connectivity index is 2.08. The van der Waals surface area contributed by atoms with Gasteiger partial charge in [0.05, 0.1) is 18.7 Å². The van der Waals surface area contributed by atoms with Gasteiger partial charge in [-0.2, -0.15) is 0 Å². The van der Waals surface area contributed by atoms with E-state index in [2.05, 4.69) is 4.98 Å². The third-order valence-corrected chi connectivity index (χ3v) is 2.66. The van der Waals surface area contributed by atoms with Crippen LogP contribution in [-0.2, 0) is 6.54 Å². The van der Waals surface area contributed by atoms with E-state index in [0.29, 0.717) is 0 Å². The minimum absolute atomic E-state index is 0.165. The van der Waals surface area contributed by atoms with E-state index >= 15 is 0 Å². The number of pyridine rings is 1. The van der Waals surface area contributed by atoms with Crippen molar-refractivity contribution in [2.24, 2.45) is 0 Å². The molecule has 3 nitrogen and oxygen atoms in total. The minimum Gasteiger partial charge on any atom is -0.367 e. The SMILES string of the molecule is O=c1cc[nH]cc1C[NH+]1CCCC1. The van der Waals surface area contributed by atoms with Gasteiger partial charge in [-0.05, 0) is 0 Å².